The number of alkyl halides is 3. The molecule has 27 heavy (non-hydrogen) atoms. The zero-order valence-electron chi connectivity index (χ0n) is 14.4. The van der Waals surface area contributed by atoms with Gasteiger partial charge in [-0.05, 0) is 31.2 Å². The second kappa shape index (κ2) is 7.44. The smallest absolute Gasteiger partial charge is 0.475 e. The van der Waals surface area contributed by atoms with E-state index in [-0.39, 0.29) is 11.3 Å². The van der Waals surface area contributed by atoms with E-state index in [4.69, 9.17) is 14.3 Å². The summed E-state index contributed by atoms with van der Waals surface area (Å²) in [5, 5.41) is 7.05. The third-order valence-electron chi connectivity index (χ3n) is 4.94. The van der Waals surface area contributed by atoms with Crippen LogP contribution in [0.25, 0.3) is 0 Å². The van der Waals surface area contributed by atoms with Crippen LogP contribution in [0.5, 0.6) is 0 Å². The lowest BCUT2D eigenvalue weighted by atomic mass is 10.00. The fourth-order valence-electron chi connectivity index (χ4n) is 3.65. The van der Waals surface area contributed by atoms with Crippen LogP contribution < -0.4 is 0 Å². The van der Waals surface area contributed by atoms with Gasteiger partial charge < -0.3 is 9.52 Å². The highest BCUT2D eigenvalue weighted by Crippen LogP contribution is 2.38. The maximum atomic E-state index is 12.5. The average molecular weight is 410 g/mol. The van der Waals surface area contributed by atoms with Crippen molar-refractivity contribution in [1.29, 1.82) is 0 Å². The summed E-state index contributed by atoms with van der Waals surface area (Å²) in [4.78, 5) is 11.3. The SMILES string of the molecule is O=C(O)C(F)(F)F.O=S(=O)(C1CC1)N1CC2CC1CN(Cc1ccoc1)C2. The van der Waals surface area contributed by atoms with Gasteiger partial charge in [-0.3, -0.25) is 4.90 Å². The molecular formula is C16H21F3N2O5S. The quantitative estimate of drug-likeness (QED) is 0.816. The number of aliphatic carboxylic acids is 1. The van der Waals surface area contributed by atoms with Crippen molar-refractivity contribution in [2.45, 2.75) is 43.3 Å². The van der Waals surface area contributed by atoms with Crippen LogP contribution >= 0.6 is 0 Å². The number of hydrogen-bond donors (Lipinski definition) is 1. The molecule has 3 heterocycles. The number of fused-ring (bicyclic) bond motifs is 2. The Bertz CT molecular complexity index is 762. The van der Waals surface area contributed by atoms with E-state index in [0.29, 0.717) is 5.92 Å². The van der Waals surface area contributed by atoms with E-state index in [0.717, 1.165) is 45.4 Å². The van der Waals surface area contributed by atoms with Crippen LogP contribution in [-0.4, -0.2) is 65.8 Å². The van der Waals surface area contributed by atoms with Crippen LogP contribution in [-0.2, 0) is 21.4 Å². The number of sulfonamides is 1. The molecule has 0 spiro atoms. The monoisotopic (exact) mass is 410 g/mol. The molecule has 7 nitrogen and oxygen atoms in total. The first-order valence-corrected chi connectivity index (χ1v) is 10.1. The number of furan rings is 1. The van der Waals surface area contributed by atoms with Gasteiger partial charge in [0.15, 0.2) is 0 Å². The number of piperidine rings is 1. The summed E-state index contributed by atoms with van der Waals surface area (Å²) >= 11 is 0. The Labute approximate surface area is 154 Å². The molecule has 0 amide bonds. The van der Waals surface area contributed by atoms with Crippen LogP contribution in [0, 0.1) is 5.92 Å². The summed E-state index contributed by atoms with van der Waals surface area (Å²) in [5.41, 5.74) is 1.17. The number of carbonyl (C=O) groups is 1. The fraction of sp³-hybridized carbons (Fsp3) is 0.688. The average Bonchev–Trinajstić information content (AvgIpc) is 3.24. The molecule has 2 aliphatic heterocycles. The molecule has 1 N–H and O–H groups in total. The second-order valence-corrected chi connectivity index (χ2v) is 9.36. The van der Waals surface area contributed by atoms with E-state index in [9.17, 15) is 21.6 Å². The first kappa shape index (κ1) is 20.2. The molecule has 11 heteroatoms. The topological polar surface area (TPSA) is 91.1 Å². The molecule has 0 aromatic carbocycles. The standard InChI is InChI=1S/C14H20N2O3S.C2HF3O2/c17-20(18,14-1-2-14)16-8-12-5-13(16)9-15(7-12)6-11-3-4-19-10-11;3-2(4,5)1(6)7/h3-4,10,12-14H,1-2,5-9H2;(H,6,7). The summed E-state index contributed by atoms with van der Waals surface area (Å²) in [6.45, 7) is 3.44. The Morgan fingerprint density at radius 3 is 2.44 bits per heavy atom. The number of carboxylic acids is 1. The molecule has 4 rings (SSSR count). The van der Waals surface area contributed by atoms with Gasteiger partial charge in [0.1, 0.15) is 0 Å². The van der Waals surface area contributed by atoms with Gasteiger partial charge in [-0.1, -0.05) is 0 Å². The molecule has 2 saturated heterocycles. The number of carboxylic acid groups (broad SMARTS) is 1. The third kappa shape index (κ3) is 4.82. The van der Waals surface area contributed by atoms with Crippen molar-refractivity contribution < 1.29 is 35.9 Å². The third-order valence-corrected chi connectivity index (χ3v) is 7.35. The summed E-state index contributed by atoms with van der Waals surface area (Å²) in [7, 11) is -3.02. The number of hydrogen-bond acceptors (Lipinski definition) is 5. The van der Waals surface area contributed by atoms with Crippen molar-refractivity contribution in [3.8, 4) is 0 Å². The van der Waals surface area contributed by atoms with E-state index < -0.39 is 22.2 Å². The molecular weight excluding hydrogens is 389 g/mol. The summed E-state index contributed by atoms with van der Waals surface area (Å²) < 4.78 is 63.6. The van der Waals surface area contributed by atoms with Crippen LogP contribution in [0.1, 0.15) is 24.8 Å². The van der Waals surface area contributed by atoms with Gasteiger partial charge in [-0.2, -0.15) is 17.5 Å². The van der Waals surface area contributed by atoms with E-state index >= 15 is 0 Å². The Balaban J connectivity index is 0.000000260. The van der Waals surface area contributed by atoms with E-state index in [1.807, 2.05) is 10.4 Å². The predicted octanol–water partition coefficient (Wildman–Crippen LogP) is 1.91. The van der Waals surface area contributed by atoms with Gasteiger partial charge >= 0.3 is 12.1 Å². The molecule has 3 aliphatic rings. The van der Waals surface area contributed by atoms with Crippen LogP contribution in [0.2, 0.25) is 0 Å². The molecule has 0 radical (unpaired) electrons. The zero-order chi connectivity index (χ0) is 19.8. The fourth-order valence-corrected chi connectivity index (χ4v) is 5.76. The maximum absolute atomic E-state index is 12.5. The molecule has 2 unspecified atom stereocenters. The highest BCUT2D eigenvalue weighted by Gasteiger charge is 2.49. The lowest BCUT2D eigenvalue weighted by Gasteiger charge is -2.32. The van der Waals surface area contributed by atoms with E-state index in [1.165, 1.54) is 5.56 Å². The molecule has 1 aliphatic carbocycles. The minimum atomic E-state index is -5.08. The van der Waals surface area contributed by atoms with Crippen molar-refractivity contribution >= 4 is 16.0 Å². The Morgan fingerprint density at radius 2 is 1.93 bits per heavy atom. The molecule has 1 aromatic heterocycles. The van der Waals surface area contributed by atoms with Gasteiger partial charge in [-0.15, -0.1) is 0 Å². The Morgan fingerprint density at radius 1 is 1.26 bits per heavy atom. The van der Waals surface area contributed by atoms with Crippen molar-refractivity contribution in [1.82, 2.24) is 9.21 Å². The van der Waals surface area contributed by atoms with Crippen LogP contribution in [0.3, 0.4) is 0 Å². The zero-order valence-corrected chi connectivity index (χ0v) is 15.2. The van der Waals surface area contributed by atoms with Crippen molar-refractivity contribution in [2.24, 2.45) is 5.92 Å². The summed E-state index contributed by atoms with van der Waals surface area (Å²) in [6, 6.07) is 2.17. The van der Waals surface area contributed by atoms with Gasteiger partial charge in [-0.25, -0.2) is 13.2 Å². The van der Waals surface area contributed by atoms with Crippen LogP contribution in [0.4, 0.5) is 13.2 Å². The predicted molar refractivity (Wildman–Crippen MR) is 88.2 cm³/mol. The van der Waals surface area contributed by atoms with E-state index in [1.54, 1.807) is 12.5 Å². The molecule has 1 saturated carbocycles. The highest BCUT2D eigenvalue weighted by atomic mass is 32.2. The first-order valence-electron chi connectivity index (χ1n) is 8.61. The summed E-state index contributed by atoms with van der Waals surface area (Å²) in [6.07, 6.45) is 1.13. The number of halogens is 3. The Kier molecular flexibility index (Phi) is 5.55. The lowest BCUT2D eigenvalue weighted by molar-refractivity contribution is -0.192. The van der Waals surface area contributed by atoms with Gasteiger partial charge in [0.2, 0.25) is 10.0 Å². The largest absolute Gasteiger partial charge is 0.490 e. The summed E-state index contributed by atoms with van der Waals surface area (Å²) in [5.74, 6) is -2.26. The molecule has 1 aromatic rings. The first-order chi connectivity index (χ1) is 12.6. The van der Waals surface area contributed by atoms with Crippen molar-refractivity contribution in [2.75, 3.05) is 19.6 Å². The second-order valence-electron chi connectivity index (χ2n) is 7.20. The van der Waals surface area contributed by atoms with Gasteiger partial charge in [0.05, 0.1) is 17.8 Å². The Hall–Kier alpha value is -1.59. The van der Waals surface area contributed by atoms with Gasteiger partial charge in [0, 0.05) is 37.8 Å². The van der Waals surface area contributed by atoms with Crippen LogP contribution in [0.15, 0.2) is 23.0 Å². The minimum absolute atomic E-state index is 0.0795. The lowest BCUT2D eigenvalue weighted by Crippen LogP contribution is -2.44. The molecule has 2 atom stereocenters. The van der Waals surface area contributed by atoms with E-state index in [2.05, 4.69) is 4.90 Å². The maximum Gasteiger partial charge on any atom is 0.490 e. The molecule has 152 valence electrons. The minimum Gasteiger partial charge on any atom is -0.475 e. The molecule has 3 fully saturated rings. The highest BCUT2D eigenvalue weighted by molar-refractivity contribution is 7.90. The number of nitrogens with zero attached hydrogens (tertiary/aromatic N) is 2. The van der Waals surface area contributed by atoms with Crippen molar-refractivity contribution in [3.05, 3.63) is 24.2 Å². The van der Waals surface area contributed by atoms with Gasteiger partial charge in [0.25, 0.3) is 0 Å². The number of likely N-dealkylation sites (tertiary alicyclic amines) is 1. The molecule has 2 bridgehead atoms. The normalized spacial score (nSPS) is 26.5. The number of rotatable bonds is 4. The van der Waals surface area contributed by atoms with Crippen molar-refractivity contribution in [3.63, 3.8) is 0 Å².